The van der Waals surface area contributed by atoms with Crippen LogP contribution in [0.5, 0.6) is 0 Å². The topological polar surface area (TPSA) is 58.9 Å². The SMILES string of the molecule is CCC(O)C#CC1CC2C(CC23OCCO3)C1O. The molecule has 2 aliphatic carbocycles. The molecule has 4 nitrogen and oxygen atoms in total. The smallest absolute Gasteiger partial charge is 0.172 e. The predicted molar refractivity (Wildman–Crippen MR) is 64.4 cm³/mol. The summed E-state index contributed by atoms with van der Waals surface area (Å²) in [5.74, 6) is 5.89. The molecule has 0 aromatic heterocycles. The molecule has 0 radical (unpaired) electrons. The molecule has 18 heavy (non-hydrogen) atoms. The molecule has 0 aromatic carbocycles. The molecule has 3 rings (SSSR count). The van der Waals surface area contributed by atoms with Gasteiger partial charge in [-0.25, -0.2) is 0 Å². The van der Waals surface area contributed by atoms with E-state index < -0.39 is 18.0 Å². The quantitative estimate of drug-likeness (QED) is 0.668. The highest BCUT2D eigenvalue weighted by Crippen LogP contribution is 2.58. The van der Waals surface area contributed by atoms with E-state index in [4.69, 9.17) is 9.47 Å². The largest absolute Gasteiger partial charge is 0.392 e. The molecule has 0 bridgehead atoms. The Morgan fingerprint density at radius 3 is 2.78 bits per heavy atom. The summed E-state index contributed by atoms with van der Waals surface area (Å²) >= 11 is 0. The number of ether oxygens (including phenoxy) is 2. The zero-order valence-corrected chi connectivity index (χ0v) is 10.6. The molecule has 5 unspecified atom stereocenters. The van der Waals surface area contributed by atoms with Crippen molar-refractivity contribution in [2.24, 2.45) is 17.8 Å². The van der Waals surface area contributed by atoms with E-state index in [0.717, 1.165) is 12.8 Å². The van der Waals surface area contributed by atoms with Crippen LogP contribution in [-0.4, -0.2) is 41.4 Å². The second-order valence-corrected chi connectivity index (χ2v) is 5.53. The molecular formula is C14H20O4. The van der Waals surface area contributed by atoms with E-state index in [-0.39, 0.29) is 17.8 Å². The minimum atomic E-state index is -0.580. The van der Waals surface area contributed by atoms with E-state index >= 15 is 0 Å². The van der Waals surface area contributed by atoms with Crippen molar-refractivity contribution in [1.82, 2.24) is 0 Å². The zero-order valence-electron chi connectivity index (χ0n) is 10.6. The Morgan fingerprint density at radius 1 is 1.39 bits per heavy atom. The summed E-state index contributed by atoms with van der Waals surface area (Å²) in [6, 6.07) is 0. The van der Waals surface area contributed by atoms with E-state index in [0.29, 0.717) is 19.6 Å². The summed E-state index contributed by atoms with van der Waals surface area (Å²) in [6.07, 6.45) is 1.25. The fourth-order valence-corrected chi connectivity index (χ4v) is 3.46. The van der Waals surface area contributed by atoms with Gasteiger partial charge in [-0.15, -0.1) is 0 Å². The minimum absolute atomic E-state index is 0.0478. The third kappa shape index (κ3) is 1.78. The summed E-state index contributed by atoms with van der Waals surface area (Å²) in [6.45, 7) is 3.21. The summed E-state index contributed by atoms with van der Waals surface area (Å²) in [5, 5.41) is 19.7. The van der Waals surface area contributed by atoms with Gasteiger partial charge in [-0.05, 0) is 18.8 Å². The molecular weight excluding hydrogens is 232 g/mol. The average molecular weight is 252 g/mol. The number of rotatable bonds is 1. The molecule has 2 saturated carbocycles. The van der Waals surface area contributed by atoms with Crippen LogP contribution in [0.3, 0.4) is 0 Å². The normalized spacial score (nSPS) is 41.9. The van der Waals surface area contributed by atoms with Crippen LogP contribution in [0.15, 0.2) is 0 Å². The molecule has 4 heteroatoms. The van der Waals surface area contributed by atoms with Gasteiger partial charge in [0.05, 0.1) is 19.3 Å². The van der Waals surface area contributed by atoms with Gasteiger partial charge in [0, 0.05) is 18.3 Å². The summed E-state index contributed by atoms with van der Waals surface area (Å²) in [5.41, 5.74) is 0. The Bertz CT molecular complexity index is 377. The Morgan fingerprint density at radius 2 is 2.11 bits per heavy atom. The van der Waals surface area contributed by atoms with E-state index in [1.54, 1.807) is 0 Å². The molecule has 1 heterocycles. The molecule has 3 aliphatic rings. The van der Waals surface area contributed by atoms with Crippen LogP contribution in [0.4, 0.5) is 0 Å². The van der Waals surface area contributed by atoms with Crippen molar-refractivity contribution >= 4 is 0 Å². The molecule has 2 N–H and O–H groups in total. The van der Waals surface area contributed by atoms with E-state index in [2.05, 4.69) is 11.8 Å². The highest BCUT2D eigenvalue weighted by Gasteiger charge is 2.64. The zero-order chi connectivity index (χ0) is 12.8. The number of hydrogen-bond acceptors (Lipinski definition) is 4. The minimum Gasteiger partial charge on any atom is -0.392 e. The van der Waals surface area contributed by atoms with Gasteiger partial charge in [-0.3, -0.25) is 0 Å². The number of fused-ring (bicyclic) bond motifs is 2. The first kappa shape index (κ1) is 12.4. The lowest BCUT2D eigenvalue weighted by Crippen LogP contribution is -2.54. The van der Waals surface area contributed by atoms with Gasteiger partial charge in [0.2, 0.25) is 0 Å². The average Bonchev–Trinajstić information content (AvgIpc) is 2.93. The van der Waals surface area contributed by atoms with Crippen LogP contribution in [0.2, 0.25) is 0 Å². The highest BCUT2D eigenvalue weighted by molar-refractivity contribution is 5.18. The molecule has 1 saturated heterocycles. The Hall–Kier alpha value is -0.600. The number of aliphatic hydroxyl groups excluding tert-OH is 2. The van der Waals surface area contributed by atoms with Gasteiger partial charge in [0.25, 0.3) is 0 Å². The highest BCUT2D eigenvalue weighted by atomic mass is 16.7. The molecule has 100 valence electrons. The number of hydrogen-bond donors (Lipinski definition) is 2. The van der Waals surface area contributed by atoms with Gasteiger partial charge in [0.1, 0.15) is 6.10 Å². The monoisotopic (exact) mass is 252 g/mol. The van der Waals surface area contributed by atoms with Gasteiger partial charge < -0.3 is 19.7 Å². The number of aliphatic hydroxyl groups is 2. The summed E-state index contributed by atoms with van der Waals surface area (Å²) < 4.78 is 11.4. The van der Waals surface area contributed by atoms with Crippen molar-refractivity contribution < 1.29 is 19.7 Å². The Kier molecular flexibility index (Phi) is 3.11. The first-order valence-corrected chi connectivity index (χ1v) is 6.81. The summed E-state index contributed by atoms with van der Waals surface area (Å²) in [7, 11) is 0. The molecule has 3 fully saturated rings. The van der Waals surface area contributed by atoms with Crippen LogP contribution >= 0.6 is 0 Å². The van der Waals surface area contributed by atoms with Gasteiger partial charge in [-0.2, -0.15) is 0 Å². The maximum Gasteiger partial charge on any atom is 0.172 e. The Balaban J connectivity index is 1.68. The summed E-state index contributed by atoms with van der Waals surface area (Å²) in [4.78, 5) is 0. The molecule has 0 aromatic rings. The van der Waals surface area contributed by atoms with Crippen LogP contribution in [-0.2, 0) is 9.47 Å². The first-order valence-electron chi connectivity index (χ1n) is 6.81. The maximum atomic E-state index is 10.2. The van der Waals surface area contributed by atoms with Crippen LogP contribution in [0, 0.1) is 29.6 Å². The van der Waals surface area contributed by atoms with E-state index in [9.17, 15) is 10.2 Å². The lowest BCUT2D eigenvalue weighted by atomic mass is 9.69. The molecule has 1 aliphatic heterocycles. The van der Waals surface area contributed by atoms with E-state index in [1.165, 1.54) is 0 Å². The van der Waals surface area contributed by atoms with Crippen molar-refractivity contribution in [3.05, 3.63) is 0 Å². The van der Waals surface area contributed by atoms with Crippen molar-refractivity contribution in [3.8, 4) is 11.8 Å². The Labute approximate surface area is 107 Å². The first-order chi connectivity index (χ1) is 8.66. The van der Waals surface area contributed by atoms with Crippen molar-refractivity contribution in [3.63, 3.8) is 0 Å². The lowest BCUT2D eigenvalue weighted by molar-refractivity contribution is -0.275. The maximum absolute atomic E-state index is 10.2. The van der Waals surface area contributed by atoms with Gasteiger partial charge in [0.15, 0.2) is 5.79 Å². The van der Waals surface area contributed by atoms with Crippen molar-refractivity contribution in [2.45, 2.75) is 44.2 Å². The second kappa shape index (κ2) is 4.50. The van der Waals surface area contributed by atoms with Crippen LogP contribution in [0.25, 0.3) is 0 Å². The van der Waals surface area contributed by atoms with Crippen LogP contribution < -0.4 is 0 Å². The van der Waals surface area contributed by atoms with Crippen molar-refractivity contribution in [1.29, 1.82) is 0 Å². The molecule has 5 atom stereocenters. The fraction of sp³-hybridized carbons (Fsp3) is 0.857. The molecule has 0 amide bonds. The third-order valence-corrected chi connectivity index (χ3v) is 4.56. The van der Waals surface area contributed by atoms with Gasteiger partial charge >= 0.3 is 0 Å². The second-order valence-electron chi connectivity index (χ2n) is 5.53. The fourth-order valence-electron chi connectivity index (χ4n) is 3.46. The van der Waals surface area contributed by atoms with Crippen molar-refractivity contribution in [2.75, 3.05) is 13.2 Å². The van der Waals surface area contributed by atoms with Gasteiger partial charge in [-0.1, -0.05) is 18.8 Å². The third-order valence-electron chi connectivity index (χ3n) is 4.56. The predicted octanol–water partition coefficient (Wildman–Crippen LogP) is 0.521. The standard InChI is InChI=1S/C14H20O4/c1-2-10(15)4-3-9-7-12-11(13(9)16)8-14(12)17-5-6-18-14/h9-13,15-16H,2,5-8H2,1H3. The molecule has 1 spiro atoms. The lowest BCUT2D eigenvalue weighted by Gasteiger charge is -2.48. The van der Waals surface area contributed by atoms with Crippen LogP contribution in [0.1, 0.15) is 26.2 Å². The van der Waals surface area contributed by atoms with E-state index in [1.807, 2.05) is 6.92 Å².